The van der Waals surface area contributed by atoms with Gasteiger partial charge in [0, 0.05) is 32.4 Å². The average molecular weight is 363 g/mol. The van der Waals surface area contributed by atoms with Crippen LogP contribution in [0.1, 0.15) is 25.7 Å². The van der Waals surface area contributed by atoms with Gasteiger partial charge in [-0.1, -0.05) is 24.6 Å². The van der Waals surface area contributed by atoms with Gasteiger partial charge in [0.1, 0.15) is 6.54 Å². The summed E-state index contributed by atoms with van der Waals surface area (Å²) in [7, 11) is 1.60. The first-order chi connectivity index (χ1) is 12.1. The topological polar surface area (TPSA) is 82.1 Å². The molecule has 1 saturated heterocycles. The Labute approximate surface area is 148 Å². The largest absolute Gasteiger partial charge is 0.341 e. The zero-order valence-electron chi connectivity index (χ0n) is 14.2. The van der Waals surface area contributed by atoms with Gasteiger partial charge in [0.15, 0.2) is 16.3 Å². The second-order valence-electron chi connectivity index (χ2n) is 6.59. The molecule has 0 N–H and O–H groups in total. The SMILES string of the molecule is Cn1c(=O)n(CC(=O)N2CCCCCC2)c(=O)c2c1nc1n2CCS1. The van der Waals surface area contributed by atoms with Gasteiger partial charge in [0.2, 0.25) is 5.91 Å². The van der Waals surface area contributed by atoms with Crippen molar-refractivity contribution in [2.24, 2.45) is 7.05 Å². The van der Waals surface area contributed by atoms with E-state index in [0.717, 1.165) is 41.2 Å². The van der Waals surface area contributed by atoms with E-state index in [2.05, 4.69) is 4.98 Å². The maximum atomic E-state index is 12.9. The summed E-state index contributed by atoms with van der Waals surface area (Å²) in [6.45, 7) is 1.91. The van der Waals surface area contributed by atoms with Gasteiger partial charge in [0.25, 0.3) is 5.56 Å². The van der Waals surface area contributed by atoms with Crippen LogP contribution in [0.25, 0.3) is 11.2 Å². The molecule has 25 heavy (non-hydrogen) atoms. The van der Waals surface area contributed by atoms with Crippen molar-refractivity contribution in [1.29, 1.82) is 0 Å². The number of thioether (sulfide) groups is 1. The van der Waals surface area contributed by atoms with Crippen molar-refractivity contribution in [2.75, 3.05) is 18.8 Å². The third-order valence-corrected chi connectivity index (χ3v) is 5.95. The van der Waals surface area contributed by atoms with Gasteiger partial charge in [-0.05, 0) is 12.8 Å². The Morgan fingerprint density at radius 3 is 2.56 bits per heavy atom. The van der Waals surface area contributed by atoms with E-state index in [1.165, 1.54) is 4.57 Å². The standard InChI is InChI=1S/C16H21N5O3S/c1-18-13-12(20-8-9-25-15(20)17-13)14(23)21(16(18)24)10-11(22)19-6-4-2-3-5-7-19/h2-10H2,1H3. The summed E-state index contributed by atoms with van der Waals surface area (Å²) in [6, 6.07) is 0. The molecule has 9 heteroatoms. The van der Waals surface area contributed by atoms with Crippen LogP contribution in [0, 0.1) is 0 Å². The molecule has 4 heterocycles. The van der Waals surface area contributed by atoms with E-state index in [9.17, 15) is 14.4 Å². The molecule has 0 spiro atoms. The molecule has 2 aliphatic heterocycles. The number of fused-ring (bicyclic) bond motifs is 3. The number of hydrogen-bond acceptors (Lipinski definition) is 5. The lowest BCUT2D eigenvalue weighted by Crippen LogP contribution is -2.45. The van der Waals surface area contributed by atoms with Gasteiger partial charge in [-0.3, -0.25) is 14.2 Å². The highest BCUT2D eigenvalue weighted by molar-refractivity contribution is 7.99. The fraction of sp³-hybridized carbons (Fsp3) is 0.625. The molecular formula is C16H21N5O3S. The number of amides is 1. The van der Waals surface area contributed by atoms with Crippen molar-refractivity contribution in [2.45, 2.75) is 43.9 Å². The van der Waals surface area contributed by atoms with Gasteiger partial charge in [-0.2, -0.15) is 0 Å². The van der Waals surface area contributed by atoms with E-state index in [4.69, 9.17) is 0 Å². The molecule has 0 atom stereocenters. The Balaban J connectivity index is 1.75. The van der Waals surface area contributed by atoms with E-state index in [-0.39, 0.29) is 12.5 Å². The number of aryl methyl sites for hydroxylation is 2. The van der Waals surface area contributed by atoms with Crippen molar-refractivity contribution in [3.05, 3.63) is 20.8 Å². The summed E-state index contributed by atoms with van der Waals surface area (Å²) in [6.07, 6.45) is 4.20. The average Bonchev–Trinajstić information content (AvgIpc) is 3.07. The molecule has 0 radical (unpaired) electrons. The monoisotopic (exact) mass is 363 g/mol. The van der Waals surface area contributed by atoms with Gasteiger partial charge < -0.3 is 9.47 Å². The summed E-state index contributed by atoms with van der Waals surface area (Å²) < 4.78 is 4.29. The molecule has 0 bridgehead atoms. The van der Waals surface area contributed by atoms with Crippen LogP contribution in [0.4, 0.5) is 0 Å². The lowest BCUT2D eigenvalue weighted by atomic mass is 10.2. The van der Waals surface area contributed by atoms with Crippen LogP contribution in [0.3, 0.4) is 0 Å². The van der Waals surface area contributed by atoms with Gasteiger partial charge in [-0.25, -0.2) is 14.3 Å². The van der Waals surface area contributed by atoms with E-state index < -0.39 is 11.2 Å². The highest BCUT2D eigenvalue weighted by atomic mass is 32.2. The van der Waals surface area contributed by atoms with Crippen LogP contribution >= 0.6 is 11.8 Å². The van der Waals surface area contributed by atoms with Gasteiger partial charge >= 0.3 is 5.69 Å². The lowest BCUT2D eigenvalue weighted by molar-refractivity contribution is -0.131. The minimum absolute atomic E-state index is 0.156. The molecular weight excluding hydrogens is 342 g/mol. The predicted octanol–water partition coefficient (Wildman–Crippen LogP) is 0.405. The first-order valence-corrected chi connectivity index (χ1v) is 9.67. The molecule has 0 saturated carbocycles. The summed E-state index contributed by atoms with van der Waals surface area (Å²) in [4.78, 5) is 44.4. The molecule has 134 valence electrons. The third kappa shape index (κ3) is 2.70. The van der Waals surface area contributed by atoms with Crippen LogP contribution in [-0.2, 0) is 24.9 Å². The van der Waals surface area contributed by atoms with E-state index in [1.54, 1.807) is 23.7 Å². The fourth-order valence-electron chi connectivity index (χ4n) is 3.59. The molecule has 0 aromatic carbocycles. The van der Waals surface area contributed by atoms with Crippen molar-refractivity contribution < 1.29 is 4.79 Å². The highest BCUT2D eigenvalue weighted by Crippen LogP contribution is 2.27. The van der Waals surface area contributed by atoms with Crippen molar-refractivity contribution in [3.63, 3.8) is 0 Å². The third-order valence-electron chi connectivity index (χ3n) is 5.00. The number of nitrogens with zero attached hydrogens (tertiary/aromatic N) is 5. The van der Waals surface area contributed by atoms with E-state index in [0.29, 0.717) is 30.8 Å². The number of imidazole rings is 1. The number of carbonyl (C=O) groups is 1. The summed E-state index contributed by atoms with van der Waals surface area (Å²) >= 11 is 1.57. The van der Waals surface area contributed by atoms with Crippen LogP contribution in [0.2, 0.25) is 0 Å². The molecule has 0 unspecified atom stereocenters. The van der Waals surface area contributed by atoms with E-state index >= 15 is 0 Å². The second-order valence-corrected chi connectivity index (χ2v) is 7.66. The summed E-state index contributed by atoms with van der Waals surface area (Å²) in [5, 5.41) is 0.763. The molecule has 0 aliphatic carbocycles. The minimum atomic E-state index is -0.484. The smallest absolute Gasteiger partial charge is 0.332 e. The summed E-state index contributed by atoms with van der Waals surface area (Å²) in [5.41, 5.74) is -0.0774. The molecule has 8 nitrogen and oxygen atoms in total. The Hall–Kier alpha value is -2.03. The van der Waals surface area contributed by atoms with Crippen molar-refractivity contribution in [1.82, 2.24) is 23.6 Å². The van der Waals surface area contributed by atoms with Crippen LogP contribution in [-0.4, -0.2) is 48.3 Å². The van der Waals surface area contributed by atoms with Crippen LogP contribution in [0.5, 0.6) is 0 Å². The number of rotatable bonds is 2. The molecule has 4 rings (SSSR count). The zero-order valence-corrected chi connectivity index (χ0v) is 15.0. The minimum Gasteiger partial charge on any atom is -0.341 e. The van der Waals surface area contributed by atoms with Crippen molar-refractivity contribution >= 4 is 28.8 Å². The number of aromatic nitrogens is 4. The van der Waals surface area contributed by atoms with Crippen molar-refractivity contribution in [3.8, 4) is 0 Å². The molecule has 2 aromatic rings. The molecule has 2 aromatic heterocycles. The predicted molar refractivity (Wildman–Crippen MR) is 95.0 cm³/mol. The van der Waals surface area contributed by atoms with Gasteiger partial charge in [0.05, 0.1) is 0 Å². The van der Waals surface area contributed by atoms with Gasteiger partial charge in [-0.15, -0.1) is 0 Å². The second kappa shape index (κ2) is 6.36. The van der Waals surface area contributed by atoms with Crippen LogP contribution in [0.15, 0.2) is 14.7 Å². The number of likely N-dealkylation sites (tertiary alicyclic amines) is 1. The Morgan fingerprint density at radius 1 is 1.12 bits per heavy atom. The zero-order chi connectivity index (χ0) is 17.6. The summed E-state index contributed by atoms with van der Waals surface area (Å²) in [5.74, 6) is 0.712. The lowest BCUT2D eigenvalue weighted by Gasteiger charge is -2.20. The number of hydrogen-bond donors (Lipinski definition) is 0. The highest BCUT2D eigenvalue weighted by Gasteiger charge is 2.25. The number of carbonyl (C=O) groups excluding carboxylic acids is 1. The molecule has 1 amide bonds. The Bertz CT molecular complexity index is 949. The normalized spacial score (nSPS) is 17.7. The maximum absolute atomic E-state index is 12.9. The Morgan fingerprint density at radius 2 is 1.84 bits per heavy atom. The fourth-order valence-corrected chi connectivity index (χ4v) is 4.54. The molecule has 2 aliphatic rings. The Kier molecular flexibility index (Phi) is 4.18. The quantitative estimate of drug-likeness (QED) is 0.772. The molecule has 1 fully saturated rings. The first kappa shape index (κ1) is 16.4. The van der Waals surface area contributed by atoms with Crippen LogP contribution < -0.4 is 11.2 Å². The van der Waals surface area contributed by atoms with E-state index in [1.807, 2.05) is 4.57 Å². The maximum Gasteiger partial charge on any atom is 0.332 e. The first-order valence-electron chi connectivity index (χ1n) is 8.68.